The number of fused-ring (bicyclic) bond motifs is 1. The monoisotopic (exact) mass is 251 g/mol. The SMILES string of the molecule is COCCOCCC(N)c1ccc2c(c1)CCO2. The van der Waals surface area contributed by atoms with Crippen LogP contribution < -0.4 is 10.5 Å². The molecule has 0 saturated carbocycles. The molecule has 0 aliphatic carbocycles. The summed E-state index contributed by atoms with van der Waals surface area (Å²) >= 11 is 0. The molecule has 0 aromatic heterocycles. The molecule has 2 N–H and O–H groups in total. The van der Waals surface area contributed by atoms with Crippen molar-refractivity contribution in [2.45, 2.75) is 18.9 Å². The van der Waals surface area contributed by atoms with Gasteiger partial charge in [0.15, 0.2) is 0 Å². The third-order valence-electron chi connectivity index (χ3n) is 3.15. The molecule has 4 nitrogen and oxygen atoms in total. The van der Waals surface area contributed by atoms with E-state index in [2.05, 4.69) is 6.07 Å². The topological polar surface area (TPSA) is 53.7 Å². The number of benzene rings is 1. The van der Waals surface area contributed by atoms with Gasteiger partial charge in [-0.05, 0) is 23.6 Å². The third kappa shape index (κ3) is 3.45. The quantitative estimate of drug-likeness (QED) is 0.749. The molecule has 18 heavy (non-hydrogen) atoms. The summed E-state index contributed by atoms with van der Waals surface area (Å²) in [5, 5.41) is 0. The lowest BCUT2D eigenvalue weighted by Gasteiger charge is -2.13. The van der Waals surface area contributed by atoms with Gasteiger partial charge in [0.2, 0.25) is 0 Å². The maximum Gasteiger partial charge on any atom is 0.122 e. The minimum atomic E-state index is 0.0263. The summed E-state index contributed by atoms with van der Waals surface area (Å²) in [7, 11) is 1.67. The van der Waals surface area contributed by atoms with Crippen LogP contribution in [-0.4, -0.2) is 33.5 Å². The first-order valence-electron chi connectivity index (χ1n) is 6.39. The number of nitrogens with two attached hydrogens (primary N) is 1. The molecule has 1 aliphatic rings. The van der Waals surface area contributed by atoms with Gasteiger partial charge < -0.3 is 19.9 Å². The Balaban J connectivity index is 1.80. The minimum absolute atomic E-state index is 0.0263. The van der Waals surface area contributed by atoms with Gasteiger partial charge in [-0.1, -0.05) is 12.1 Å². The van der Waals surface area contributed by atoms with E-state index in [1.807, 2.05) is 12.1 Å². The van der Waals surface area contributed by atoms with E-state index in [0.29, 0.717) is 19.8 Å². The van der Waals surface area contributed by atoms with Crippen molar-refractivity contribution in [3.63, 3.8) is 0 Å². The maximum absolute atomic E-state index is 6.15. The van der Waals surface area contributed by atoms with Crippen LogP contribution in [0.1, 0.15) is 23.6 Å². The summed E-state index contributed by atoms with van der Waals surface area (Å²) in [5.74, 6) is 1.00. The first-order valence-corrected chi connectivity index (χ1v) is 6.39. The van der Waals surface area contributed by atoms with Gasteiger partial charge in [0.25, 0.3) is 0 Å². The van der Waals surface area contributed by atoms with Gasteiger partial charge in [0, 0.05) is 26.2 Å². The summed E-state index contributed by atoms with van der Waals surface area (Å²) in [6.45, 7) is 2.71. The van der Waals surface area contributed by atoms with Crippen molar-refractivity contribution in [1.29, 1.82) is 0 Å². The predicted molar refractivity (Wildman–Crippen MR) is 69.9 cm³/mol. The summed E-state index contributed by atoms with van der Waals surface area (Å²) in [5.41, 5.74) is 8.58. The van der Waals surface area contributed by atoms with E-state index in [4.69, 9.17) is 19.9 Å². The van der Waals surface area contributed by atoms with E-state index in [1.54, 1.807) is 7.11 Å². The van der Waals surface area contributed by atoms with Crippen LogP contribution in [0.15, 0.2) is 18.2 Å². The van der Waals surface area contributed by atoms with Crippen LogP contribution in [0.25, 0.3) is 0 Å². The van der Waals surface area contributed by atoms with Crippen LogP contribution in [0, 0.1) is 0 Å². The molecule has 2 rings (SSSR count). The van der Waals surface area contributed by atoms with Crippen molar-refractivity contribution in [3.05, 3.63) is 29.3 Å². The molecular weight excluding hydrogens is 230 g/mol. The van der Waals surface area contributed by atoms with Crippen LogP contribution in [0.5, 0.6) is 5.75 Å². The molecule has 0 fully saturated rings. The lowest BCUT2D eigenvalue weighted by atomic mass is 10.0. The standard InChI is InChI=1S/C14H21NO3/c1-16-8-9-17-6-5-13(15)11-2-3-14-12(10-11)4-7-18-14/h2-3,10,13H,4-9,15H2,1H3. The molecule has 0 amide bonds. The fraction of sp³-hybridized carbons (Fsp3) is 0.571. The Bertz CT molecular complexity index is 381. The zero-order valence-corrected chi connectivity index (χ0v) is 10.9. The van der Waals surface area contributed by atoms with E-state index in [-0.39, 0.29) is 6.04 Å². The Morgan fingerprint density at radius 1 is 1.33 bits per heavy atom. The lowest BCUT2D eigenvalue weighted by Crippen LogP contribution is -2.14. The molecule has 0 spiro atoms. The minimum Gasteiger partial charge on any atom is -0.493 e. The Labute approximate surface area is 108 Å². The van der Waals surface area contributed by atoms with Gasteiger partial charge in [-0.3, -0.25) is 0 Å². The molecule has 1 aromatic rings. The number of ether oxygens (including phenoxy) is 3. The highest BCUT2D eigenvalue weighted by Crippen LogP contribution is 2.28. The largest absolute Gasteiger partial charge is 0.493 e. The summed E-state index contributed by atoms with van der Waals surface area (Å²) in [6, 6.07) is 6.24. The Kier molecular flexibility index (Phi) is 4.99. The normalized spacial score (nSPS) is 15.2. The van der Waals surface area contributed by atoms with Crippen molar-refractivity contribution in [2.75, 3.05) is 33.5 Å². The molecule has 0 radical (unpaired) electrons. The second-order valence-corrected chi connectivity index (χ2v) is 4.47. The summed E-state index contributed by atoms with van der Waals surface area (Å²) in [4.78, 5) is 0. The highest BCUT2D eigenvalue weighted by Gasteiger charge is 2.14. The fourth-order valence-corrected chi connectivity index (χ4v) is 2.06. The van der Waals surface area contributed by atoms with Crippen molar-refractivity contribution < 1.29 is 14.2 Å². The first-order chi connectivity index (χ1) is 8.81. The molecule has 1 atom stereocenters. The van der Waals surface area contributed by atoms with E-state index in [9.17, 15) is 0 Å². The van der Waals surface area contributed by atoms with Crippen molar-refractivity contribution >= 4 is 0 Å². The van der Waals surface area contributed by atoms with Crippen LogP contribution in [-0.2, 0) is 15.9 Å². The molecule has 1 aliphatic heterocycles. The second-order valence-electron chi connectivity index (χ2n) is 4.47. The van der Waals surface area contributed by atoms with Gasteiger partial charge in [-0.2, -0.15) is 0 Å². The van der Waals surface area contributed by atoms with Gasteiger partial charge in [-0.15, -0.1) is 0 Å². The molecule has 1 aromatic carbocycles. The van der Waals surface area contributed by atoms with Crippen molar-refractivity contribution in [1.82, 2.24) is 0 Å². The second kappa shape index (κ2) is 6.73. The molecule has 1 unspecified atom stereocenters. The van der Waals surface area contributed by atoms with E-state index in [1.165, 1.54) is 5.56 Å². The van der Waals surface area contributed by atoms with Crippen LogP contribution in [0.2, 0.25) is 0 Å². The third-order valence-corrected chi connectivity index (χ3v) is 3.15. The van der Waals surface area contributed by atoms with Crippen LogP contribution >= 0.6 is 0 Å². The van der Waals surface area contributed by atoms with Crippen molar-refractivity contribution in [2.24, 2.45) is 5.73 Å². The first kappa shape index (κ1) is 13.3. The molecule has 0 saturated heterocycles. The van der Waals surface area contributed by atoms with E-state index >= 15 is 0 Å². The fourth-order valence-electron chi connectivity index (χ4n) is 2.06. The van der Waals surface area contributed by atoms with Gasteiger partial charge in [0.05, 0.1) is 19.8 Å². The van der Waals surface area contributed by atoms with E-state index in [0.717, 1.165) is 30.8 Å². The average molecular weight is 251 g/mol. The molecule has 100 valence electrons. The van der Waals surface area contributed by atoms with Gasteiger partial charge in [-0.25, -0.2) is 0 Å². The Hall–Kier alpha value is -1.10. The lowest BCUT2D eigenvalue weighted by molar-refractivity contribution is 0.0672. The Morgan fingerprint density at radius 3 is 3.06 bits per heavy atom. The smallest absolute Gasteiger partial charge is 0.122 e. The summed E-state index contributed by atoms with van der Waals surface area (Å²) in [6.07, 6.45) is 1.81. The molecule has 4 heteroatoms. The van der Waals surface area contributed by atoms with Crippen molar-refractivity contribution in [3.8, 4) is 5.75 Å². The van der Waals surface area contributed by atoms with Gasteiger partial charge in [0.1, 0.15) is 5.75 Å². The number of hydrogen-bond donors (Lipinski definition) is 1. The molecule has 1 heterocycles. The molecule has 0 bridgehead atoms. The number of methoxy groups -OCH3 is 1. The molecular formula is C14H21NO3. The zero-order valence-electron chi connectivity index (χ0n) is 10.9. The van der Waals surface area contributed by atoms with Crippen LogP contribution in [0.4, 0.5) is 0 Å². The highest BCUT2D eigenvalue weighted by molar-refractivity contribution is 5.40. The predicted octanol–water partition coefficient (Wildman–Crippen LogP) is 1.67. The van der Waals surface area contributed by atoms with E-state index < -0.39 is 0 Å². The average Bonchev–Trinajstić information content (AvgIpc) is 2.85. The zero-order chi connectivity index (χ0) is 12.8. The maximum atomic E-state index is 6.15. The number of hydrogen-bond acceptors (Lipinski definition) is 4. The van der Waals surface area contributed by atoms with Crippen LogP contribution in [0.3, 0.4) is 0 Å². The number of rotatable bonds is 7. The highest BCUT2D eigenvalue weighted by atomic mass is 16.5. The van der Waals surface area contributed by atoms with Gasteiger partial charge >= 0.3 is 0 Å². The Morgan fingerprint density at radius 2 is 2.22 bits per heavy atom. The summed E-state index contributed by atoms with van der Waals surface area (Å²) < 4.78 is 15.8.